The van der Waals surface area contributed by atoms with Gasteiger partial charge in [0.05, 0.1) is 22.3 Å². The lowest BCUT2D eigenvalue weighted by Crippen LogP contribution is -2.10. The second-order valence-corrected chi connectivity index (χ2v) is 11.6. The normalized spacial score (nSPS) is 12.4. The van der Waals surface area contributed by atoms with E-state index in [2.05, 4.69) is 92.1 Å². The van der Waals surface area contributed by atoms with E-state index in [1.165, 1.54) is 5.56 Å². The standard InChI is InChI=1S/C35H29FN2O/c1-20-17-24(36)18-21(2)31(20)38-32-25-10-7-6-9-22(25)13-16-29(32)37-34(38)28-12-8-11-27-26-15-14-23(35(3,4)5)19-30(26)39-33(27)28/h6-19H,1-5H3. The fraction of sp³-hybridized carbons (Fsp3) is 0.171. The SMILES string of the molecule is Cc1cc(F)cc(C)c1-n1c(-c2cccc3c2oc2cc(C(C)(C)C)ccc23)nc2ccc3ccccc3c21. The Morgan fingerprint density at radius 3 is 2.28 bits per heavy atom. The van der Waals surface area contributed by atoms with Crippen molar-refractivity contribution in [1.82, 2.24) is 9.55 Å². The van der Waals surface area contributed by atoms with E-state index < -0.39 is 0 Å². The van der Waals surface area contributed by atoms with Crippen LogP contribution in [0.15, 0.2) is 89.3 Å². The van der Waals surface area contributed by atoms with Gasteiger partial charge >= 0.3 is 0 Å². The average molecular weight is 513 g/mol. The molecule has 4 heteroatoms. The lowest BCUT2D eigenvalue weighted by Gasteiger charge is -2.18. The molecule has 0 bridgehead atoms. The number of benzene rings is 5. The van der Waals surface area contributed by atoms with E-state index in [0.29, 0.717) is 0 Å². The Morgan fingerprint density at radius 1 is 0.769 bits per heavy atom. The van der Waals surface area contributed by atoms with Gasteiger partial charge in [0, 0.05) is 16.2 Å². The molecule has 2 heterocycles. The summed E-state index contributed by atoms with van der Waals surface area (Å²) in [5.74, 6) is 0.540. The van der Waals surface area contributed by atoms with Crippen molar-refractivity contribution in [3.8, 4) is 17.1 Å². The van der Waals surface area contributed by atoms with Crippen LogP contribution in [0.1, 0.15) is 37.5 Å². The fourth-order valence-electron chi connectivity index (χ4n) is 5.93. The fourth-order valence-corrected chi connectivity index (χ4v) is 5.93. The lowest BCUT2D eigenvalue weighted by atomic mass is 9.87. The number of hydrogen-bond acceptors (Lipinski definition) is 2. The molecule has 0 N–H and O–H groups in total. The molecule has 0 aliphatic carbocycles. The Morgan fingerprint density at radius 2 is 1.51 bits per heavy atom. The van der Waals surface area contributed by atoms with Crippen LogP contribution in [0.2, 0.25) is 0 Å². The number of imidazole rings is 1. The zero-order chi connectivity index (χ0) is 27.1. The number of para-hydroxylation sites is 1. The van der Waals surface area contributed by atoms with Crippen molar-refractivity contribution < 1.29 is 8.81 Å². The van der Waals surface area contributed by atoms with E-state index in [9.17, 15) is 4.39 Å². The Hall–Kier alpha value is -4.44. The van der Waals surface area contributed by atoms with E-state index in [1.807, 2.05) is 19.9 Å². The quantitative estimate of drug-likeness (QED) is 0.231. The van der Waals surface area contributed by atoms with Gasteiger partial charge in [-0.15, -0.1) is 0 Å². The van der Waals surface area contributed by atoms with Crippen LogP contribution in [0.4, 0.5) is 4.39 Å². The highest BCUT2D eigenvalue weighted by atomic mass is 19.1. The van der Waals surface area contributed by atoms with Crippen molar-refractivity contribution in [3.05, 3.63) is 107 Å². The zero-order valence-corrected chi connectivity index (χ0v) is 22.8. The lowest BCUT2D eigenvalue weighted by molar-refractivity contribution is 0.587. The first kappa shape index (κ1) is 23.7. The summed E-state index contributed by atoms with van der Waals surface area (Å²) in [6.45, 7) is 10.6. The molecule has 39 heavy (non-hydrogen) atoms. The van der Waals surface area contributed by atoms with Crippen molar-refractivity contribution in [2.45, 2.75) is 40.0 Å². The maximum absolute atomic E-state index is 14.4. The molecule has 0 saturated carbocycles. The summed E-state index contributed by atoms with van der Waals surface area (Å²) >= 11 is 0. The Labute approximate surface area is 226 Å². The van der Waals surface area contributed by atoms with Crippen LogP contribution in [0.3, 0.4) is 0 Å². The number of aryl methyl sites for hydroxylation is 2. The number of rotatable bonds is 2. The monoisotopic (exact) mass is 512 g/mol. The topological polar surface area (TPSA) is 31.0 Å². The van der Waals surface area contributed by atoms with Gasteiger partial charge in [0.1, 0.15) is 22.8 Å². The van der Waals surface area contributed by atoms with E-state index >= 15 is 0 Å². The number of aromatic nitrogens is 2. The van der Waals surface area contributed by atoms with Crippen molar-refractivity contribution in [1.29, 1.82) is 0 Å². The molecule has 0 amide bonds. The molecule has 0 atom stereocenters. The first-order valence-electron chi connectivity index (χ1n) is 13.3. The summed E-state index contributed by atoms with van der Waals surface area (Å²) in [5.41, 5.74) is 8.36. The molecule has 5 aromatic carbocycles. The second-order valence-electron chi connectivity index (χ2n) is 11.6. The summed E-state index contributed by atoms with van der Waals surface area (Å²) < 4.78 is 23.3. The smallest absolute Gasteiger partial charge is 0.149 e. The van der Waals surface area contributed by atoms with Gasteiger partial charge in [-0.1, -0.05) is 75.4 Å². The highest BCUT2D eigenvalue weighted by Gasteiger charge is 2.23. The van der Waals surface area contributed by atoms with Gasteiger partial charge in [-0.05, 0) is 71.7 Å². The molecule has 7 aromatic rings. The van der Waals surface area contributed by atoms with Gasteiger partial charge < -0.3 is 4.42 Å². The summed E-state index contributed by atoms with van der Waals surface area (Å²) in [6, 6.07) is 28.5. The predicted molar refractivity (Wildman–Crippen MR) is 159 cm³/mol. The molecule has 192 valence electrons. The Kier molecular flexibility index (Phi) is 5.02. The minimum absolute atomic E-state index is 0.0165. The van der Waals surface area contributed by atoms with Gasteiger partial charge in [-0.2, -0.15) is 0 Å². The third-order valence-corrected chi connectivity index (χ3v) is 7.83. The molecule has 0 unspecified atom stereocenters. The number of furan rings is 1. The Balaban J connectivity index is 1.62. The van der Waals surface area contributed by atoms with Gasteiger partial charge in [-0.25, -0.2) is 9.37 Å². The molecule has 0 radical (unpaired) electrons. The first-order valence-corrected chi connectivity index (χ1v) is 13.3. The summed E-state index contributed by atoms with van der Waals surface area (Å²) in [7, 11) is 0. The molecule has 7 rings (SSSR count). The average Bonchev–Trinajstić information content (AvgIpc) is 3.46. The van der Waals surface area contributed by atoms with Crippen LogP contribution in [-0.2, 0) is 5.41 Å². The number of hydrogen-bond donors (Lipinski definition) is 0. The maximum atomic E-state index is 14.4. The van der Waals surface area contributed by atoms with Crippen molar-refractivity contribution in [2.75, 3.05) is 0 Å². The largest absolute Gasteiger partial charge is 0.455 e. The molecule has 2 aromatic heterocycles. The van der Waals surface area contributed by atoms with Crippen LogP contribution < -0.4 is 0 Å². The molecule has 0 aliphatic heterocycles. The molecular weight excluding hydrogens is 483 g/mol. The molecule has 0 aliphatic rings. The van der Waals surface area contributed by atoms with Crippen molar-refractivity contribution in [3.63, 3.8) is 0 Å². The van der Waals surface area contributed by atoms with E-state index in [-0.39, 0.29) is 11.2 Å². The molecule has 3 nitrogen and oxygen atoms in total. The van der Waals surface area contributed by atoms with Gasteiger partial charge in [-0.3, -0.25) is 4.57 Å². The van der Waals surface area contributed by atoms with E-state index in [4.69, 9.17) is 9.40 Å². The van der Waals surface area contributed by atoms with Crippen LogP contribution in [-0.4, -0.2) is 9.55 Å². The number of fused-ring (bicyclic) bond motifs is 6. The minimum Gasteiger partial charge on any atom is -0.455 e. The number of nitrogens with zero attached hydrogens (tertiary/aromatic N) is 2. The number of halogens is 1. The maximum Gasteiger partial charge on any atom is 0.149 e. The zero-order valence-electron chi connectivity index (χ0n) is 22.8. The van der Waals surface area contributed by atoms with Crippen LogP contribution in [0.25, 0.3) is 60.8 Å². The summed E-state index contributed by atoms with van der Waals surface area (Å²) in [6.07, 6.45) is 0. The molecular formula is C35H29FN2O. The summed E-state index contributed by atoms with van der Waals surface area (Å²) in [4.78, 5) is 5.20. The molecule has 0 saturated heterocycles. The van der Waals surface area contributed by atoms with Crippen LogP contribution in [0.5, 0.6) is 0 Å². The third-order valence-electron chi connectivity index (χ3n) is 7.83. The highest BCUT2D eigenvalue weighted by Crippen LogP contribution is 2.41. The van der Waals surface area contributed by atoms with E-state index in [1.54, 1.807) is 12.1 Å². The van der Waals surface area contributed by atoms with Gasteiger partial charge in [0.15, 0.2) is 0 Å². The van der Waals surface area contributed by atoms with E-state index in [0.717, 1.165) is 71.9 Å². The predicted octanol–water partition coefficient (Wildman–Crippen LogP) is 9.80. The van der Waals surface area contributed by atoms with Crippen molar-refractivity contribution >= 4 is 43.7 Å². The highest BCUT2D eigenvalue weighted by molar-refractivity contribution is 6.11. The van der Waals surface area contributed by atoms with Crippen LogP contribution in [0, 0.1) is 19.7 Å². The van der Waals surface area contributed by atoms with Crippen LogP contribution >= 0.6 is 0 Å². The first-order chi connectivity index (χ1) is 18.7. The van der Waals surface area contributed by atoms with Gasteiger partial charge in [0.25, 0.3) is 0 Å². The molecule has 0 spiro atoms. The third kappa shape index (κ3) is 3.59. The summed E-state index contributed by atoms with van der Waals surface area (Å²) in [5, 5.41) is 4.37. The Bertz CT molecular complexity index is 2070. The van der Waals surface area contributed by atoms with Gasteiger partial charge in [0.2, 0.25) is 0 Å². The molecule has 0 fully saturated rings. The second kappa shape index (κ2) is 8.28. The van der Waals surface area contributed by atoms with Crippen molar-refractivity contribution in [2.24, 2.45) is 0 Å². The minimum atomic E-state index is -0.237.